The van der Waals surface area contributed by atoms with Crippen molar-refractivity contribution in [3.05, 3.63) is 36.2 Å². The van der Waals surface area contributed by atoms with Crippen LogP contribution in [0.3, 0.4) is 0 Å². The molecule has 0 spiro atoms. The number of likely N-dealkylation sites (tertiary alicyclic amines) is 1. The summed E-state index contributed by atoms with van der Waals surface area (Å²) in [5.74, 6) is 1.68. The minimum Gasteiger partial charge on any atom is -0.342 e. The van der Waals surface area contributed by atoms with Crippen molar-refractivity contribution in [3.8, 4) is 5.69 Å². The predicted octanol–water partition coefficient (Wildman–Crippen LogP) is 1.78. The lowest BCUT2D eigenvalue weighted by molar-refractivity contribution is -0.133. The molecule has 1 aliphatic carbocycles. The molecule has 1 aliphatic heterocycles. The van der Waals surface area contributed by atoms with Crippen molar-refractivity contribution >= 4 is 5.91 Å². The average Bonchev–Trinajstić information content (AvgIpc) is 3.31. The maximum atomic E-state index is 12.3. The van der Waals surface area contributed by atoms with Gasteiger partial charge in [0.05, 0.1) is 5.69 Å². The molecule has 1 atom stereocenters. The Kier molecular flexibility index (Phi) is 3.36. The highest BCUT2D eigenvalue weighted by Crippen LogP contribution is 2.34. The number of hydrogen-bond donors (Lipinski definition) is 0. The lowest BCUT2D eigenvalue weighted by Crippen LogP contribution is -2.40. The van der Waals surface area contributed by atoms with E-state index in [1.165, 1.54) is 0 Å². The first kappa shape index (κ1) is 13.4. The SMILES string of the molecule is O=C(C1CC1)N1CCCC(c2nnnn2-c2ccccc2)C1. The third kappa shape index (κ3) is 2.49. The Hall–Kier alpha value is -2.24. The Morgan fingerprint density at radius 1 is 1.14 bits per heavy atom. The summed E-state index contributed by atoms with van der Waals surface area (Å²) in [5.41, 5.74) is 0.966. The van der Waals surface area contributed by atoms with E-state index in [0.29, 0.717) is 5.91 Å². The van der Waals surface area contributed by atoms with E-state index in [9.17, 15) is 4.79 Å². The lowest BCUT2D eigenvalue weighted by Gasteiger charge is -2.32. The smallest absolute Gasteiger partial charge is 0.225 e. The van der Waals surface area contributed by atoms with Gasteiger partial charge in [-0.3, -0.25) is 4.79 Å². The van der Waals surface area contributed by atoms with Crippen molar-refractivity contribution in [3.63, 3.8) is 0 Å². The molecule has 1 aromatic heterocycles. The first-order valence-electron chi connectivity index (χ1n) is 7.95. The van der Waals surface area contributed by atoms with E-state index in [2.05, 4.69) is 15.5 Å². The fourth-order valence-electron chi connectivity index (χ4n) is 3.18. The number of aromatic nitrogens is 4. The largest absolute Gasteiger partial charge is 0.342 e. The van der Waals surface area contributed by atoms with Gasteiger partial charge in [-0.2, -0.15) is 4.68 Å². The maximum absolute atomic E-state index is 12.3. The molecule has 4 rings (SSSR count). The number of piperidine rings is 1. The van der Waals surface area contributed by atoms with Gasteiger partial charge < -0.3 is 4.90 Å². The number of carbonyl (C=O) groups is 1. The molecule has 2 fully saturated rings. The Morgan fingerprint density at radius 3 is 2.73 bits per heavy atom. The molecule has 0 N–H and O–H groups in total. The Balaban J connectivity index is 1.57. The second-order valence-electron chi connectivity index (χ2n) is 6.18. The van der Waals surface area contributed by atoms with Gasteiger partial charge in [-0.15, -0.1) is 5.10 Å². The normalized spacial score (nSPS) is 21.8. The van der Waals surface area contributed by atoms with Crippen LogP contribution < -0.4 is 0 Å². The molecule has 1 saturated carbocycles. The molecule has 114 valence electrons. The van der Waals surface area contributed by atoms with Gasteiger partial charge >= 0.3 is 0 Å². The van der Waals surface area contributed by atoms with E-state index >= 15 is 0 Å². The summed E-state index contributed by atoms with van der Waals surface area (Å²) >= 11 is 0. The number of para-hydroxylation sites is 1. The van der Waals surface area contributed by atoms with E-state index < -0.39 is 0 Å². The summed E-state index contributed by atoms with van der Waals surface area (Å²) in [4.78, 5) is 14.3. The molecular formula is C16H19N5O. The van der Waals surface area contributed by atoms with Gasteiger partial charge in [0.1, 0.15) is 0 Å². The highest BCUT2D eigenvalue weighted by atomic mass is 16.2. The minimum atomic E-state index is 0.214. The highest BCUT2D eigenvalue weighted by Gasteiger charge is 2.36. The number of nitrogens with zero attached hydrogens (tertiary/aromatic N) is 5. The molecule has 1 unspecified atom stereocenters. The monoisotopic (exact) mass is 297 g/mol. The van der Waals surface area contributed by atoms with Gasteiger partial charge in [-0.05, 0) is 48.2 Å². The number of tetrazole rings is 1. The summed E-state index contributed by atoms with van der Waals surface area (Å²) in [6.45, 7) is 1.61. The van der Waals surface area contributed by atoms with Gasteiger partial charge in [0, 0.05) is 24.9 Å². The second kappa shape index (κ2) is 5.51. The highest BCUT2D eigenvalue weighted by molar-refractivity contribution is 5.81. The number of carbonyl (C=O) groups excluding carboxylic acids is 1. The molecule has 2 heterocycles. The summed E-state index contributed by atoms with van der Waals surface area (Å²) in [6, 6.07) is 9.92. The Labute approximate surface area is 129 Å². The standard InChI is InChI=1S/C16H19N5O/c22-16(12-8-9-12)20-10-4-5-13(11-20)15-17-18-19-21(15)14-6-2-1-3-7-14/h1-3,6-7,12-13H,4-5,8-11H2. The van der Waals surface area contributed by atoms with Crippen LogP contribution in [0.5, 0.6) is 0 Å². The molecule has 2 aliphatic rings. The van der Waals surface area contributed by atoms with Crippen LogP contribution in [0.4, 0.5) is 0 Å². The average molecular weight is 297 g/mol. The van der Waals surface area contributed by atoms with Crippen LogP contribution >= 0.6 is 0 Å². The summed E-state index contributed by atoms with van der Waals surface area (Å²) in [5, 5.41) is 12.2. The van der Waals surface area contributed by atoms with Crippen molar-refractivity contribution in [1.29, 1.82) is 0 Å². The third-order valence-corrected chi connectivity index (χ3v) is 4.52. The Bertz CT molecular complexity index is 664. The van der Waals surface area contributed by atoms with Gasteiger partial charge in [0.25, 0.3) is 0 Å². The molecule has 1 aromatic carbocycles. The molecule has 22 heavy (non-hydrogen) atoms. The van der Waals surface area contributed by atoms with Crippen LogP contribution in [0.15, 0.2) is 30.3 Å². The molecule has 2 aromatic rings. The van der Waals surface area contributed by atoms with Crippen LogP contribution in [-0.4, -0.2) is 44.1 Å². The number of amides is 1. The zero-order valence-electron chi connectivity index (χ0n) is 12.4. The van der Waals surface area contributed by atoms with Crippen LogP contribution in [0.25, 0.3) is 5.69 Å². The quantitative estimate of drug-likeness (QED) is 0.866. The second-order valence-corrected chi connectivity index (χ2v) is 6.18. The van der Waals surface area contributed by atoms with Gasteiger partial charge in [0.15, 0.2) is 5.82 Å². The zero-order valence-corrected chi connectivity index (χ0v) is 12.4. The summed E-state index contributed by atoms with van der Waals surface area (Å²) < 4.78 is 1.80. The fraction of sp³-hybridized carbons (Fsp3) is 0.500. The molecule has 6 nitrogen and oxygen atoms in total. The lowest BCUT2D eigenvalue weighted by atomic mass is 9.96. The molecule has 0 radical (unpaired) electrons. The fourth-order valence-corrected chi connectivity index (χ4v) is 3.18. The van der Waals surface area contributed by atoms with E-state index in [-0.39, 0.29) is 11.8 Å². The van der Waals surface area contributed by atoms with Crippen molar-refractivity contribution in [2.45, 2.75) is 31.6 Å². The Morgan fingerprint density at radius 2 is 1.95 bits per heavy atom. The topological polar surface area (TPSA) is 63.9 Å². The molecule has 0 bridgehead atoms. The first-order valence-corrected chi connectivity index (χ1v) is 7.95. The van der Waals surface area contributed by atoms with Crippen LogP contribution in [-0.2, 0) is 4.79 Å². The number of benzene rings is 1. The van der Waals surface area contributed by atoms with Crippen molar-refractivity contribution < 1.29 is 4.79 Å². The van der Waals surface area contributed by atoms with E-state index in [4.69, 9.17) is 0 Å². The number of hydrogen-bond acceptors (Lipinski definition) is 4. The first-order chi connectivity index (χ1) is 10.8. The summed E-state index contributed by atoms with van der Waals surface area (Å²) in [7, 11) is 0. The molecule has 6 heteroatoms. The van der Waals surface area contributed by atoms with E-state index in [1.807, 2.05) is 35.2 Å². The minimum absolute atomic E-state index is 0.214. The van der Waals surface area contributed by atoms with E-state index in [0.717, 1.165) is 50.3 Å². The van der Waals surface area contributed by atoms with Crippen molar-refractivity contribution in [2.24, 2.45) is 5.92 Å². The zero-order chi connectivity index (χ0) is 14.9. The number of rotatable bonds is 3. The summed E-state index contributed by atoms with van der Waals surface area (Å²) in [6.07, 6.45) is 4.16. The molecule has 1 amide bonds. The third-order valence-electron chi connectivity index (χ3n) is 4.52. The van der Waals surface area contributed by atoms with Crippen LogP contribution in [0.1, 0.15) is 37.4 Å². The van der Waals surface area contributed by atoms with Crippen molar-refractivity contribution in [2.75, 3.05) is 13.1 Å². The van der Waals surface area contributed by atoms with Gasteiger partial charge in [0.2, 0.25) is 5.91 Å². The molecular weight excluding hydrogens is 278 g/mol. The van der Waals surface area contributed by atoms with Crippen molar-refractivity contribution in [1.82, 2.24) is 25.1 Å². The van der Waals surface area contributed by atoms with Gasteiger partial charge in [-0.1, -0.05) is 18.2 Å². The van der Waals surface area contributed by atoms with Crippen LogP contribution in [0.2, 0.25) is 0 Å². The van der Waals surface area contributed by atoms with Crippen LogP contribution in [0, 0.1) is 5.92 Å². The van der Waals surface area contributed by atoms with E-state index in [1.54, 1.807) is 4.68 Å². The predicted molar refractivity (Wildman–Crippen MR) is 80.4 cm³/mol. The van der Waals surface area contributed by atoms with Gasteiger partial charge in [-0.25, -0.2) is 0 Å². The molecule has 1 saturated heterocycles. The maximum Gasteiger partial charge on any atom is 0.225 e.